The van der Waals surface area contributed by atoms with Crippen molar-refractivity contribution in [3.63, 3.8) is 0 Å². The topological polar surface area (TPSA) is 118 Å². The first-order valence-electron chi connectivity index (χ1n) is 8.39. The minimum absolute atomic E-state index is 0.101. The number of hydrogen-bond acceptors (Lipinski definition) is 7. The van der Waals surface area contributed by atoms with Crippen LogP contribution in [-0.4, -0.2) is 25.8 Å². The van der Waals surface area contributed by atoms with Crippen molar-refractivity contribution in [2.24, 2.45) is 0 Å². The SMILES string of the molecule is COc1ccc(-c2csc(NS(=O)(=O)c3c(=O)o[nH][n+]3-c3ccc(Cl)cc3)n2)cc1. The molecule has 0 unspecified atom stereocenters. The highest BCUT2D eigenvalue weighted by molar-refractivity contribution is 7.92. The molecular formula is C18H14ClN4O5S2+. The van der Waals surface area contributed by atoms with E-state index in [-0.39, 0.29) is 5.13 Å². The van der Waals surface area contributed by atoms with Gasteiger partial charge in [-0.3, -0.25) is 4.52 Å². The molecule has 0 aliphatic heterocycles. The molecule has 2 N–H and O–H groups in total. The second-order valence-corrected chi connectivity index (χ2v) is 8.86. The quantitative estimate of drug-likeness (QED) is 0.423. The predicted octanol–water partition coefficient (Wildman–Crippen LogP) is 2.83. The van der Waals surface area contributed by atoms with Crippen molar-refractivity contribution in [2.75, 3.05) is 11.8 Å². The van der Waals surface area contributed by atoms with E-state index in [0.717, 1.165) is 21.6 Å². The number of ether oxygens (including phenoxy) is 1. The van der Waals surface area contributed by atoms with Gasteiger partial charge in [0, 0.05) is 28.1 Å². The molecular weight excluding hydrogens is 452 g/mol. The van der Waals surface area contributed by atoms with Crippen molar-refractivity contribution in [2.45, 2.75) is 5.03 Å². The van der Waals surface area contributed by atoms with Gasteiger partial charge in [-0.1, -0.05) is 11.6 Å². The number of nitrogens with zero attached hydrogens (tertiary/aromatic N) is 2. The van der Waals surface area contributed by atoms with Crippen LogP contribution in [0.15, 0.2) is 68.3 Å². The van der Waals surface area contributed by atoms with Crippen LogP contribution in [0.25, 0.3) is 16.9 Å². The van der Waals surface area contributed by atoms with Gasteiger partial charge in [0.15, 0.2) is 5.13 Å². The number of aromatic nitrogens is 3. The summed E-state index contributed by atoms with van der Waals surface area (Å²) >= 11 is 6.95. The Labute approximate surface area is 179 Å². The van der Waals surface area contributed by atoms with E-state index < -0.39 is 20.7 Å². The van der Waals surface area contributed by atoms with Crippen LogP contribution in [-0.2, 0) is 10.0 Å². The molecule has 0 aliphatic carbocycles. The fourth-order valence-electron chi connectivity index (χ4n) is 2.63. The monoisotopic (exact) mass is 465 g/mol. The van der Waals surface area contributed by atoms with Gasteiger partial charge in [-0.2, -0.15) is 8.42 Å². The first-order valence-corrected chi connectivity index (χ1v) is 11.1. The Bertz CT molecular complexity index is 1340. The zero-order valence-electron chi connectivity index (χ0n) is 15.3. The highest BCUT2D eigenvalue weighted by atomic mass is 35.5. The Morgan fingerprint density at radius 1 is 1.17 bits per heavy atom. The third kappa shape index (κ3) is 3.95. The van der Waals surface area contributed by atoms with Gasteiger partial charge in [0.05, 0.1) is 12.8 Å². The maximum Gasteiger partial charge on any atom is 0.449 e. The fraction of sp³-hybridized carbons (Fsp3) is 0.0556. The van der Waals surface area contributed by atoms with E-state index in [0.29, 0.717) is 22.2 Å². The van der Waals surface area contributed by atoms with E-state index in [4.69, 9.17) is 20.9 Å². The number of methoxy groups -OCH3 is 1. The van der Waals surface area contributed by atoms with Crippen LogP contribution in [0, 0.1) is 0 Å². The van der Waals surface area contributed by atoms with Crippen LogP contribution >= 0.6 is 22.9 Å². The zero-order chi connectivity index (χ0) is 21.3. The summed E-state index contributed by atoms with van der Waals surface area (Å²) in [7, 11) is -2.73. The van der Waals surface area contributed by atoms with Crippen LogP contribution in [0.4, 0.5) is 5.13 Å². The Morgan fingerprint density at radius 2 is 1.87 bits per heavy atom. The van der Waals surface area contributed by atoms with Crippen LogP contribution in [0.3, 0.4) is 0 Å². The van der Waals surface area contributed by atoms with E-state index in [2.05, 4.69) is 15.0 Å². The predicted molar refractivity (Wildman–Crippen MR) is 111 cm³/mol. The van der Waals surface area contributed by atoms with E-state index in [1.165, 1.54) is 12.1 Å². The Morgan fingerprint density at radius 3 is 2.53 bits per heavy atom. The third-order valence-corrected chi connectivity index (χ3v) is 6.52. The summed E-state index contributed by atoms with van der Waals surface area (Å²) in [5, 5.41) is 3.92. The Hall–Kier alpha value is -3.15. The number of rotatable bonds is 6. The van der Waals surface area contributed by atoms with Gasteiger partial charge in [0.2, 0.25) is 5.69 Å². The molecule has 4 aromatic rings. The third-order valence-electron chi connectivity index (χ3n) is 4.06. The number of hydrogen-bond donors (Lipinski definition) is 2. The summed E-state index contributed by atoms with van der Waals surface area (Å²) in [6.07, 6.45) is 0. The molecule has 0 bridgehead atoms. The standard InChI is InChI=1S/C18H13ClN4O5S2/c1-27-14-8-2-11(3-9-14)15-10-29-18(20-15)21-30(25,26)16-17(24)28-22-23(16)13-6-4-12(19)5-7-13/h2-10H,1H3,(H-,20,21,22,24)/p+1. The first kappa shape index (κ1) is 20.1. The van der Waals surface area contributed by atoms with Gasteiger partial charge >= 0.3 is 20.7 Å². The molecule has 0 fully saturated rings. The number of halogens is 1. The maximum absolute atomic E-state index is 12.9. The van der Waals surface area contributed by atoms with Crippen LogP contribution in [0.2, 0.25) is 5.02 Å². The molecule has 4 rings (SSSR count). The lowest BCUT2D eigenvalue weighted by Crippen LogP contribution is -2.42. The van der Waals surface area contributed by atoms with Crippen molar-refractivity contribution in [1.29, 1.82) is 0 Å². The molecule has 0 saturated carbocycles. The molecule has 154 valence electrons. The Balaban J connectivity index is 1.64. The molecule has 9 nitrogen and oxygen atoms in total. The van der Waals surface area contributed by atoms with Crippen LogP contribution < -0.4 is 19.8 Å². The molecule has 0 amide bonds. The average molecular weight is 466 g/mol. The van der Waals surface area contributed by atoms with E-state index >= 15 is 0 Å². The van der Waals surface area contributed by atoms with Gasteiger partial charge in [0.1, 0.15) is 5.75 Å². The Kier molecular flexibility index (Phi) is 5.33. The summed E-state index contributed by atoms with van der Waals surface area (Å²) in [4.78, 5) is 16.4. The average Bonchev–Trinajstić information content (AvgIpc) is 3.35. The number of anilines is 1. The van der Waals surface area contributed by atoms with Crippen molar-refractivity contribution in [3.8, 4) is 22.7 Å². The summed E-state index contributed by atoms with van der Waals surface area (Å²) < 4.78 is 38.9. The molecule has 0 saturated heterocycles. The molecule has 0 aliphatic rings. The number of nitrogens with one attached hydrogen (secondary N) is 2. The summed E-state index contributed by atoms with van der Waals surface area (Å²) in [5.74, 6) is 0.695. The van der Waals surface area contributed by atoms with Crippen LogP contribution in [0.1, 0.15) is 0 Å². The van der Waals surface area contributed by atoms with Gasteiger partial charge < -0.3 is 4.74 Å². The van der Waals surface area contributed by atoms with Gasteiger partial charge in [-0.05, 0) is 46.4 Å². The van der Waals surface area contributed by atoms with Crippen molar-refractivity contribution >= 4 is 38.1 Å². The first-order chi connectivity index (χ1) is 14.4. The van der Waals surface area contributed by atoms with Gasteiger partial charge in [0.25, 0.3) is 0 Å². The molecule has 2 aromatic carbocycles. The molecule has 0 radical (unpaired) electrons. The van der Waals surface area contributed by atoms with E-state index in [1.54, 1.807) is 48.9 Å². The number of thiazole rings is 1. The van der Waals surface area contributed by atoms with Crippen molar-refractivity contribution in [3.05, 3.63) is 69.4 Å². The lowest BCUT2D eigenvalue weighted by Gasteiger charge is -2.01. The second-order valence-electron chi connectivity index (χ2n) is 5.97. The molecule has 0 spiro atoms. The summed E-state index contributed by atoms with van der Waals surface area (Å²) in [6.45, 7) is 0. The summed E-state index contributed by atoms with van der Waals surface area (Å²) in [6, 6.07) is 13.4. The fourth-order valence-corrected chi connectivity index (χ4v) is 4.86. The number of benzene rings is 2. The molecule has 0 atom stereocenters. The number of sulfonamides is 1. The molecule has 30 heavy (non-hydrogen) atoms. The smallest absolute Gasteiger partial charge is 0.449 e. The lowest BCUT2D eigenvalue weighted by atomic mass is 10.2. The van der Waals surface area contributed by atoms with Crippen molar-refractivity contribution in [1.82, 2.24) is 10.3 Å². The lowest BCUT2D eigenvalue weighted by molar-refractivity contribution is -0.705. The minimum Gasteiger partial charge on any atom is -0.497 e. The molecule has 2 heterocycles. The number of aromatic amines is 1. The van der Waals surface area contributed by atoms with Crippen LogP contribution in [0.5, 0.6) is 5.75 Å². The molecule has 12 heteroatoms. The highest BCUT2D eigenvalue weighted by Crippen LogP contribution is 2.27. The van der Waals surface area contributed by atoms with Gasteiger partial charge in [-0.15, -0.1) is 11.3 Å². The largest absolute Gasteiger partial charge is 0.497 e. The maximum atomic E-state index is 12.9. The number of H-pyrrole nitrogens is 1. The second kappa shape index (κ2) is 7.94. The highest BCUT2D eigenvalue weighted by Gasteiger charge is 2.37. The minimum atomic E-state index is -4.30. The normalized spacial score (nSPS) is 11.4. The van der Waals surface area contributed by atoms with Gasteiger partial charge in [-0.25, -0.2) is 14.5 Å². The van der Waals surface area contributed by atoms with E-state index in [1.807, 2.05) is 0 Å². The van der Waals surface area contributed by atoms with Crippen molar-refractivity contribution < 1.29 is 22.4 Å². The zero-order valence-corrected chi connectivity index (χ0v) is 17.7. The van der Waals surface area contributed by atoms with E-state index in [9.17, 15) is 13.2 Å². The molecule has 2 aromatic heterocycles. The summed E-state index contributed by atoms with van der Waals surface area (Å²) in [5.41, 5.74) is 0.662.